The Balaban J connectivity index is 1.59. The normalized spacial score (nSPS) is 17.2. The van der Waals surface area contributed by atoms with Crippen LogP contribution in [0.1, 0.15) is 4.88 Å². The Bertz CT molecular complexity index is 786. The molecule has 1 aliphatic heterocycles. The fraction of sp³-hybridized carbons (Fsp3) is 0.375. The molecule has 0 atom stereocenters. The van der Waals surface area contributed by atoms with Crippen LogP contribution >= 0.6 is 11.3 Å². The summed E-state index contributed by atoms with van der Waals surface area (Å²) in [5.41, 5.74) is 0. The van der Waals surface area contributed by atoms with E-state index in [1.807, 2.05) is 11.4 Å². The molecule has 0 unspecified atom stereocenters. The van der Waals surface area contributed by atoms with Crippen molar-refractivity contribution in [1.82, 2.24) is 9.21 Å². The predicted octanol–water partition coefficient (Wildman–Crippen LogP) is 2.58. The van der Waals surface area contributed by atoms with Gasteiger partial charge in [-0.25, -0.2) is 17.2 Å². The molecule has 1 aliphatic rings. The molecule has 0 N–H and O–H groups in total. The van der Waals surface area contributed by atoms with Crippen LogP contribution in [-0.4, -0.2) is 50.3 Å². The van der Waals surface area contributed by atoms with Crippen LogP contribution in [0.25, 0.3) is 0 Å². The molecule has 0 saturated carbocycles. The highest BCUT2D eigenvalue weighted by atomic mass is 32.2. The van der Waals surface area contributed by atoms with Gasteiger partial charge in [0.05, 0.1) is 4.90 Å². The molecular formula is C16H18F2N2O2S2. The topological polar surface area (TPSA) is 40.6 Å². The van der Waals surface area contributed by atoms with E-state index in [0.717, 1.165) is 31.2 Å². The SMILES string of the molecule is O=S(=O)(c1ccc(F)c(F)c1)N1CCN(CCc2cccs2)CC1. The highest BCUT2D eigenvalue weighted by molar-refractivity contribution is 7.89. The maximum absolute atomic E-state index is 13.3. The summed E-state index contributed by atoms with van der Waals surface area (Å²) < 4.78 is 52.7. The zero-order valence-electron chi connectivity index (χ0n) is 13.0. The first kappa shape index (κ1) is 17.5. The van der Waals surface area contributed by atoms with Crippen LogP contribution in [0, 0.1) is 11.6 Å². The van der Waals surface area contributed by atoms with Crippen LogP contribution in [0.5, 0.6) is 0 Å². The molecule has 2 heterocycles. The van der Waals surface area contributed by atoms with Crippen LogP contribution in [-0.2, 0) is 16.4 Å². The van der Waals surface area contributed by atoms with E-state index < -0.39 is 21.7 Å². The molecule has 4 nitrogen and oxygen atoms in total. The van der Waals surface area contributed by atoms with Crippen molar-refractivity contribution in [3.8, 4) is 0 Å². The highest BCUT2D eigenvalue weighted by Gasteiger charge is 2.29. The van der Waals surface area contributed by atoms with Gasteiger partial charge < -0.3 is 4.90 Å². The zero-order chi connectivity index (χ0) is 17.2. The molecule has 24 heavy (non-hydrogen) atoms. The Kier molecular flexibility index (Phi) is 5.29. The molecule has 1 fully saturated rings. The maximum Gasteiger partial charge on any atom is 0.243 e. The second-order valence-corrected chi connectivity index (χ2v) is 8.62. The summed E-state index contributed by atoms with van der Waals surface area (Å²) in [6.45, 7) is 2.86. The van der Waals surface area contributed by atoms with Crippen molar-refractivity contribution in [1.29, 1.82) is 0 Å². The number of halogens is 2. The molecule has 130 valence electrons. The van der Waals surface area contributed by atoms with Crippen LogP contribution in [0.3, 0.4) is 0 Å². The Morgan fingerprint density at radius 2 is 1.79 bits per heavy atom. The van der Waals surface area contributed by atoms with Crippen molar-refractivity contribution in [3.05, 3.63) is 52.2 Å². The molecule has 8 heteroatoms. The van der Waals surface area contributed by atoms with Gasteiger partial charge in [-0.15, -0.1) is 11.3 Å². The first-order chi connectivity index (χ1) is 11.5. The summed E-state index contributed by atoms with van der Waals surface area (Å²) in [5.74, 6) is -2.20. The number of sulfonamides is 1. The third-order valence-corrected chi connectivity index (χ3v) is 6.95. The lowest BCUT2D eigenvalue weighted by Crippen LogP contribution is -2.48. The van der Waals surface area contributed by atoms with E-state index in [1.165, 1.54) is 9.18 Å². The van der Waals surface area contributed by atoms with E-state index in [-0.39, 0.29) is 4.90 Å². The lowest BCUT2D eigenvalue weighted by molar-refractivity contribution is 0.190. The number of hydrogen-bond acceptors (Lipinski definition) is 4. The lowest BCUT2D eigenvalue weighted by atomic mass is 10.3. The molecule has 0 spiro atoms. The van der Waals surface area contributed by atoms with E-state index in [2.05, 4.69) is 11.0 Å². The average Bonchev–Trinajstić information content (AvgIpc) is 3.09. The summed E-state index contributed by atoms with van der Waals surface area (Å²) in [7, 11) is -3.78. The summed E-state index contributed by atoms with van der Waals surface area (Å²) in [4.78, 5) is 3.33. The van der Waals surface area contributed by atoms with Gasteiger partial charge in [0.25, 0.3) is 0 Å². The van der Waals surface area contributed by atoms with E-state index in [4.69, 9.17) is 0 Å². The second kappa shape index (κ2) is 7.26. The predicted molar refractivity (Wildman–Crippen MR) is 89.6 cm³/mol. The summed E-state index contributed by atoms with van der Waals surface area (Å²) in [6.07, 6.45) is 0.952. The van der Waals surface area contributed by atoms with Gasteiger partial charge in [-0.1, -0.05) is 6.07 Å². The van der Waals surface area contributed by atoms with Crippen molar-refractivity contribution < 1.29 is 17.2 Å². The third-order valence-electron chi connectivity index (χ3n) is 4.11. The molecule has 2 aromatic rings. The monoisotopic (exact) mass is 372 g/mol. The fourth-order valence-electron chi connectivity index (χ4n) is 2.70. The Hall–Kier alpha value is -1.35. The number of hydrogen-bond donors (Lipinski definition) is 0. The molecule has 0 radical (unpaired) electrons. The van der Waals surface area contributed by atoms with E-state index in [0.29, 0.717) is 26.2 Å². The van der Waals surface area contributed by atoms with Crippen molar-refractivity contribution in [2.24, 2.45) is 0 Å². The standard InChI is InChI=1S/C16H18F2N2O2S2/c17-15-4-3-14(12-16(15)18)24(21,22)20-9-7-19(8-10-20)6-5-13-2-1-11-23-13/h1-4,11-12H,5-10H2. The van der Waals surface area contributed by atoms with Gasteiger partial charge >= 0.3 is 0 Å². The smallest absolute Gasteiger partial charge is 0.243 e. The Morgan fingerprint density at radius 1 is 1.04 bits per heavy atom. The molecule has 3 rings (SSSR count). The minimum absolute atomic E-state index is 0.201. The quantitative estimate of drug-likeness (QED) is 0.810. The van der Waals surface area contributed by atoms with Gasteiger partial charge in [0.1, 0.15) is 0 Å². The maximum atomic E-state index is 13.3. The number of piperazine rings is 1. The first-order valence-corrected chi connectivity index (χ1v) is 9.99. The van der Waals surface area contributed by atoms with Crippen molar-refractivity contribution in [3.63, 3.8) is 0 Å². The fourth-order valence-corrected chi connectivity index (χ4v) is 4.84. The van der Waals surface area contributed by atoms with E-state index >= 15 is 0 Å². The van der Waals surface area contributed by atoms with Crippen molar-refractivity contribution in [2.45, 2.75) is 11.3 Å². The van der Waals surface area contributed by atoms with Crippen LogP contribution in [0.4, 0.5) is 8.78 Å². The molecule has 0 amide bonds. The number of benzene rings is 1. The second-order valence-electron chi connectivity index (χ2n) is 5.65. The molecule has 0 aliphatic carbocycles. The summed E-state index contributed by atoms with van der Waals surface area (Å²) in [5, 5.41) is 2.04. The summed E-state index contributed by atoms with van der Waals surface area (Å²) >= 11 is 1.72. The average molecular weight is 372 g/mol. The minimum atomic E-state index is -3.78. The van der Waals surface area contributed by atoms with Gasteiger partial charge in [0.2, 0.25) is 10.0 Å². The Labute approximate surface area is 144 Å². The Morgan fingerprint density at radius 3 is 2.42 bits per heavy atom. The van der Waals surface area contributed by atoms with Crippen LogP contribution < -0.4 is 0 Å². The largest absolute Gasteiger partial charge is 0.300 e. The molecule has 0 bridgehead atoms. The number of rotatable bonds is 5. The number of nitrogens with zero attached hydrogens (tertiary/aromatic N) is 2. The minimum Gasteiger partial charge on any atom is -0.300 e. The first-order valence-electron chi connectivity index (χ1n) is 7.67. The molecule has 1 aromatic heterocycles. The molecular weight excluding hydrogens is 354 g/mol. The number of thiophene rings is 1. The van der Waals surface area contributed by atoms with Gasteiger partial charge in [-0.3, -0.25) is 0 Å². The van der Waals surface area contributed by atoms with Crippen molar-refractivity contribution in [2.75, 3.05) is 32.7 Å². The van der Waals surface area contributed by atoms with Crippen LogP contribution in [0.15, 0.2) is 40.6 Å². The van der Waals surface area contributed by atoms with Gasteiger partial charge in [-0.05, 0) is 36.1 Å². The van der Waals surface area contributed by atoms with E-state index in [9.17, 15) is 17.2 Å². The zero-order valence-corrected chi connectivity index (χ0v) is 14.6. The highest BCUT2D eigenvalue weighted by Crippen LogP contribution is 2.20. The molecule has 1 aromatic carbocycles. The van der Waals surface area contributed by atoms with E-state index in [1.54, 1.807) is 11.3 Å². The lowest BCUT2D eigenvalue weighted by Gasteiger charge is -2.33. The third kappa shape index (κ3) is 3.83. The van der Waals surface area contributed by atoms with Crippen molar-refractivity contribution >= 4 is 21.4 Å². The van der Waals surface area contributed by atoms with Gasteiger partial charge in [0, 0.05) is 37.6 Å². The molecule has 1 saturated heterocycles. The van der Waals surface area contributed by atoms with Gasteiger partial charge in [0.15, 0.2) is 11.6 Å². The van der Waals surface area contributed by atoms with Crippen LogP contribution in [0.2, 0.25) is 0 Å². The summed E-state index contributed by atoms with van der Waals surface area (Å²) in [6, 6.07) is 6.81. The van der Waals surface area contributed by atoms with Gasteiger partial charge in [-0.2, -0.15) is 4.31 Å².